The van der Waals surface area contributed by atoms with Crippen LogP contribution in [0.5, 0.6) is 5.75 Å². The van der Waals surface area contributed by atoms with Crippen LogP contribution in [0.15, 0.2) is 65.7 Å². The Bertz CT molecular complexity index is 985. The van der Waals surface area contributed by atoms with Crippen molar-refractivity contribution in [3.8, 4) is 16.9 Å². The number of hydrogen-bond donors (Lipinski definition) is 2. The largest absolute Gasteiger partial charge is 0.573 e. The van der Waals surface area contributed by atoms with Gasteiger partial charge in [0, 0.05) is 5.56 Å². The van der Waals surface area contributed by atoms with Crippen LogP contribution < -0.4 is 9.46 Å². The van der Waals surface area contributed by atoms with Crippen molar-refractivity contribution in [2.24, 2.45) is 0 Å². The summed E-state index contributed by atoms with van der Waals surface area (Å²) in [4.78, 5) is 0.0643. The van der Waals surface area contributed by atoms with E-state index < -0.39 is 16.4 Å². The van der Waals surface area contributed by atoms with Gasteiger partial charge in [0.2, 0.25) is 0 Å². The van der Waals surface area contributed by atoms with E-state index in [0.29, 0.717) is 11.1 Å². The van der Waals surface area contributed by atoms with Crippen LogP contribution in [0.25, 0.3) is 11.1 Å². The van der Waals surface area contributed by atoms with Crippen molar-refractivity contribution in [1.82, 2.24) is 10.2 Å². The standard InChI is InChI=1S/C16H12F3N3O3S/c17-16(18,19)25-12-8-6-11(7-9-12)14-10-20-21-15(14)22-26(23,24)13-4-2-1-3-5-13/h1-10H,(H2,20,21,22). The van der Waals surface area contributed by atoms with Crippen LogP contribution in [-0.4, -0.2) is 25.0 Å². The molecule has 1 aromatic heterocycles. The number of ether oxygens (including phenoxy) is 1. The molecule has 6 nitrogen and oxygen atoms in total. The fraction of sp³-hybridized carbons (Fsp3) is 0.0625. The maximum atomic E-state index is 12.4. The summed E-state index contributed by atoms with van der Waals surface area (Å²) in [6.07, 6.45) is -3.42. The van der Waals surface area contributed by atoms with E-state index in [1.807, 2.05) is 0 Å². The van der Waals surface area contributed by atoms with E-state index >= 15 is 0 Å². The number of hydrogen-bond acceptors (Lipinski definition) is 4. The lowest BCUT2D eigenvalue weighted by Gasteiger charge is -2.10. The number of aromatic nitrogens is 2. The van der Waals surface area contributed by atoms with Crippen molar-refractivity contribution in [2.75, 3.05) is 4.72 Å². The second-order valence-corrected chi connectivity index (χ2v) is 6.83. The SMILES string of the molecule is O=S(=O)(Nc1[nH]ncc1-c1ccc(OC(F)(F)F)cc1)c1ccccc1. The molecule has 0 radical (unpaired) electrons. The highest BCUT2D eigenvalue weighted by molar-refractivity contribution is 7.92. The van der Waals surface area contributed by atoms with Gasteiger partial charge in [-0.05, 0) is 29.8 Å². The molecule has 0 aliphatic rings. The third kappa shape index (κ3) is 4.14. The molecular formula is C16H12F3N3O3S. The zero-order valence-corrected chi connectivity index (χ0v) is 13.8. The minimum absolute atomic E-state index is 0.0643. The fourth-order valence-corrected chi connectivity index (χ4v) is 3.27. The van der Waals surface area contributed by atoms with Gasteiger partial charge in [0.15, 0.2) is 0 Å². The van der Waals surface area contributed by atoms with Gasteiger partial charge in [0.1, 0.15) is 11.6 Å². The summed E-state index contributed by atoms with van der Waals surface area (Å²) in [6.45, 7) is 0. The summed E-state index contributed by atoms with van der Waals surface area (Å²) >= 11 is 0. The molecule has 1 heterocycles. The zero-order valence-electron chi connectivity index (χ0n) is 13.0. The minimum atomic E-state index is -4.78. The first-order valence-corrected chi connectivity index (χ1v) is 8.70. The topological polar surface area (TPSA) is 84.1 Å². The molecule has 3 rings (SSSR count). The van der Waals surface area contributed by atoms with Crippen LogP contribution >= 0.6 is 0 Å². The average Bonchev–Trinajstić information content (AvgIpc) is 3.02. The third-order valence-electron chi connectivity index (χ3n) is 3.33. The number of H-pyrrole nitrogens is 1. The first kappa shape index (κ1) is 17.8. The Morgan fingerprint density at radius 2 is 1.65 bits per heavy atom. The van der Waals surface area contributed by atoms with Crippen LogP contribution in [0.1, 0.15) is 0 Å². The number of benzene rings is 2. The van der Waals surface area contributed by atoms with Gasteiger partial charge in [-0.25, -0.2) is 8.42 Å². The highest BCUT2D eigenvalue weighted by Gasteiger charge is 2.31. The van der Waals surface area contributed by atoms with Gasteiger partial charge >= 0.3 is 6.36 Å². The fourth-order valence-electron chi connectivity index (χ4n) is 2.21. The predicted molar refractivity (Wildman–Crippen MR) is 88.0 cm³/mol. The molecule has 0 amide bonds. The second-order valence-electron chi connectivity index (χ2n) is 5.15. The van der Waals surface area contributed by atoms with E-state index in [4.69, 9.17) is 0 Å². The van der Waals surface area contributed by atoms with Crippen LogP contribution in [0.4, 0.5) is 19.0 Å². The van der Waals surface area contributed by atoms with E-state index in [9.17, 15) is 21.6 Å². The Kier molecular flexibility index (Phi) is 4.60. The summed E-state index contributed by atoms with van der Waals surface area (Å²) in [5.74, 6) is -0.283. The highest BCUT2D eigenvalue weighted by atomic mass is 32.2. The van der Waals surface area contributed by atoms with E-state index in [0.717, 1.165) is 12.1 Å². The van der Waals surface area contributed by atoms with Crippen molar-refractivity contribution in [2.45, 2.75) is 11.3 Å². The number of alkyl halides is 3. The molecule has 2 N–H and O–H groups in total. The van der Waals surface area contributed by atoms with Gasteiger partial charge in [0.05, 0.1) is 11.1 Å². The van der Waals surface area contributed by atoms with Crippen molar-refractivity contribution in [1.29, 1.82) is 0 Å². The average molecular weight is 383 g/mol. The smallest absolute Gasteiger partial charge is 0.406 e. The number of aromatic amines is 1. The van der Waals surface area contributed by atoms with Gasteiger partial charge in [-0.3, -0.25) is 9.82 Å². The normalized spacial score (nSPS) is 12.0. The lowest BCUT2D eigenvalue weighted by molar-refractivity contribution is -0.274. The summed E-state index contributed by atoms with van der Waals surface area (Å²) in [6, 6.07) is 12.7. The Balaban J connectivity index is 1.85. The van der Waals surface area contributed by atoms with Crippen molar-refractivity contribution in [3.63, 3.8) is 0 Å². The number of halogens is 3. The molecule has 26 heavy (non-hydrogen) atoms. The summed E-state index contributed by atoms with van der Waals surface area (Å²) in [5.41, 5.74) is 0.835. The summed E-state index contributed by atoms with van der Waals surface area (Å²) < 4.78 is 67.6. The van der Waals surface area contributed by atoms with E-state index in [-0.39, 0.29) is 16.5 Å². The van der Waals surface area contributed by atoms with Gasteiger partial charge in [0.25, 0.3) is 10.0 Å². The molecule has 10 heteroatoms. The van der Waals surface area contributed by atoms with Gasteiger partial charge in [-0.2, -0.15) is 5.10 Å². The van der Waals surface area contributed by atoms with Crippen molar-refractivity contribution in [3.05, 3.63) is 60.8 Å². The third-order valence-corrected chi connectivity index (χ3v) is 4.69. The summed E-state index contributed by atoms with van der Waals surface area (Å²) in [7, 11) is -3.84. The van der Waals surface area contributed by atoms with Crippen LogP contribution in [0.3, 0.4) is 0 Å². The molecule has 136 valence electrons. The molecule has 0 atom stereocenters. The molecule has 0 saturated heterocycles. The lowest BCUT2D eigenvalue weighted by Crippen LogP contribution is -2.17. The first-order valence-electron chi connectivity index (χ1n) is 7.22. The number of sulfonamides is 1. The number of nitrogens with one attached hydrogen (secondary N) is 2. The molecule has 0 aliphatic carbocycles. The van der Waals surface area contributed by atoms with Crippen LogP contribution in [0, 0.1) is 0 Å². The minimum Gasteiger partial charge on any atom is -0.406 e. The predicted octanol–water partition coefficient (Wildman–Crippen LogP) is 3.78. The monoisotopic (exact) mass is 383 g/mol. The van der Waals surface area contributed by atoms with Gasteiger partial charge in [-0.15, -0.1) is 13.2 Å². The molecule has 3 aromatic rings. The lowest BCUT2D eigenvalue weighted by atomic mass is 10.1. The molecular weight excluding hydrogens is 371 g/mol. The van der Waals surface area contributed by atoms with Crippen molar-refractivity contribution >= 4 is 15.8 Å². The van der Waals surface area contributed by atoms with E-state index in [1.54, 1.807) is 18.2 Å². The Hall–Kier alpha value is -3.01. The molecule has 0 bridgehead atoms. The number of rotatable bonds is 5. The molecule has 0 unspecified atom stereocenters. The Morgan fingerprint density at radius 3 is 2.27 bits per heavy atom. The molecule has 2 aromatic carbocycles. The van der Waals surface area contributed by atoms with Gasteiger partial charge < -0.3 is 4.74 Å². The van der Waals surface area contributed by atoms with E-state index in [2.05, 4.69) is 19.7 Å². The Morgan fingerprint density at radius 1 is 1.00 bits per heavy atom. The number of anilines is 1. The van der Waals surface area contributed by atoms with Crippen molar-refractivity contribution < 1.29 is 26.3 Å². The first-order chi connectivity index (χ1) is 12.2. The number of nitrogens with zero attached hydrogens (tertiary/aromatic N) is 1. The molecule has 0 aliphatic heterocycles. The maximum Gasteiger partial charge on any atom is 0.573 e. The molecule has 0 spiro atoms. The van der Waals surface area contributed by atoms with Crippen LogP contribution in [0.2, 0.25) is 0 Å². The molecule has 0 saturated carbocycles. The quantitative estimate of drug-likeness (QED) is 0.702. The van der Waals surface area contributed by atoms with Gasteiger partial charge in [-0.1, -0.05) is 30.3 Å². The highest BCUT2D eigenvalue weighted by Crippen LogP contribution is 2.30. The zero-order chi connectivity index (χ0) is 18.8. The summed E-state index contributed by atoms with van der Waals surface area (Å²) in [5, 5.41) is 6.33. The second kappa shape index (κ2) is 6.71. The Labute approximate surface area is 146 Å². The van der Waals surface area contributed by atoms with Crippen LogP contribution in [-0.2, 0) is 10.0 Å². The van der Waals surface area contributed by atoms with E-state index in [1.165, 1.54) is 30.5 Å². The molecule has 0 fully saturated rings. The maximum absolute atomic E-state index is 12.4.